The zero-order valence-corrected chi connectivity index (χ0v) is 9.00. The summed E-state index contributed by atoms with van der Waals surface area (Å²) in [6, 6.07) is 0. The van der Waals surface area contributed by atoms with E-state index in [4.69, 9.17) is 0 Å². The van der Waals surface area contributed by atoms with Crippen LogP contribution in [-0.2, 0) is 4.79 Å². The normalized spacial score (nSPS) is 28.9. The average molecular weight is 199 g/mol. The summed E-state index contributed by atoms with van der Waals surface area (Å²) in [6.45, 7) is 5.33. The molecule has 1 saturated carbocycles. The molecule has 1 unspecified atom stereocenters. The number of nitro groups is 1. The smallest absolute Gasteiger partial charge is 0.283 e. The van der Waals surface area contributed by atoms with Crippen LogP contribution < -0.4 is 0 Å². The van der Waals surface area contributed by atoms with Gasteiger partial charge in [-0.2, -0.15) is 0 Å². The highest BCUT2D eigenvalue weighted by Crippen LogP contribution is 2.42. The molecule has 0 heterocycles. The van der Waals surface area contributed by atoms with E-state index < -0.39 is 11.0 Å². The van der Waals surface area contributed by atoms with Gasteiger partial charge in [-0.3, -0.25) is 14.9 Å². The standard InChI is InChI=1S/C10H17NO3/c1-9(2,3)10(11(13)14)7-5-4-6-8(10)12/h4-7H2,1-3H3. The fourth-order valence-corrected chi connectivity index (χ4v) is 2.27. The fraction of sp³-hybridized carbons (Fsp3) is 0.900. The lowest BCUT2D eigenvalue weighted by Gasteiger charge is -2.37. The monoisotopic (exact) mass is 199 g/mol. The van der Waals surface area contributed by atoms with Gasteiger partial charge in [0.25, 0.3) is 5.54 Å². The molecule has 0 N–H and O–H groups in total. The summed E-state index contributed by atoms with van der Waals surface area (Å²) in [5.74, 6) is -0.193. The van der Waals surface area contributed by atoms with Crippen LogP contribution in [0.2, 0.25) is 0 Å². The molecule has 1 fully saturated rings. The van der Waals surface area contributed by atoms with Crippen LogP contribution in [0, 0.1) is 15.5 Å². The number of hydrogen-bond donors (Lipinski definition) is 0. The molecule has 0 bridgehead atoms. The van der Waals surface area contributed by atoms with Crippen molar-refractivity contribution in [3.8, 4) is 0 Å². The molecule has 0 aliphatic heterocycles. The van der Waals surface area contributed by atoms with Gasteiger partial charge in [-0.25, -0.2) is 0 Å². The first kappa shape index (κ1) is 11.1. The van der Waals surface area contributed by atoms with E-state index in [-0.39, 0.29) is 10.7 Å². The van der Waals surface area contributed by atoms with E-state index in [9.17, 15) is 14.9 Å². The molecular weight excluding hydrogens is 182 g/mol. The number of Topliss-reactive ketones (excluding diaryl/α,β-unsaturated/α-hetero) is 1. The maximum absolute atomic E-state index is 11.8. The van der Waals surface area contributed by atoms with Gasteiger partial charge in [0.1, 0.15) is 0 Å². The molecule has 0 amide bonds. The second-order valence-electron chi connectivity index (χ2n) is 5.00. The van der Waals surface area contributed by atoms with Crippen LogP contribution in [0.3, 0.4) is 0 Å². The lowest BCUT2D eigenvalue weighted by Crippen LogP contribution is -2.57. The van der Waals surface area contributed by atoms with Gasteiger partial charge in [0.2, 0.25) is 5.78 Å². The molecule has 0 aromatic carbocycles. The lowest BCUT2D eigenvalue weighted by molar-refractivity contribution is -0.573. The van der Waals surface area contributed by atoms with E-state index in [1.54, 1.807) is 20.8 Å². The van der Waals surface area contributed by atoms with Crippen LogP contribution in [0.1, 0.15) is 46.5 Å². The second-order valence-corrected chi connectivity index (χ2v) is 5.00. The molecule has 1 rings (SSSR count). The summed E-state index contributed by atoms with van der Waals surface area (Å²) in [7, 11) is 0. The number of rotatable bonds is 1. The summed E-state index contributed by atoms with van der Waals surface area (Å²) < 4.78 is 0. The van der Waals surface area contributed by atoms with Crippen LogP contribution in [0.25, 0.3) is 0 Å². The van der Waals surface area contributed by atoms with Crippen LogP contribution >= 0.6 is 0 Å². The van der Waals surface area contributed by atoms with Crippen molar-refractivity contribution in [2.45, 2.75) is 52.0 Å². The van der Waals surface area contributed by atoms with Gasteiger partial charge in [0, 0.05) is 23.2 Å². The van der Waals surface area contributed by atoms with Crippen LogP contribution in [0.5, 0.6) is 0 Å². The first-order chi connectivity index (χ1) is 6.32. The minimum absolute atomic E-state index is 0.193. The molecule has 80 valence electrons. The third-order valence-corrected chi connectivity index (χ3v) is 3.21. The molecular formula is C10H17NO3. The van der Waals surface area contributed by atoms with E-state index in [2.05, 4.69) is 0 Å². The van der Waals surface area contributed by atoms with Gasteiger partial charge in [0.15, 0.2) is 0 Å². The van der Waals surface area contributed by atoms with Gasteiger partial charge in [0.05, 0.1) is 0 Å². The molecule has 4 nitrogen and oxygen atoms in total. The van der Waals surface area contributed by atoms with E-state index in [0.717, 1.165) is 12.8 Å². The Labute approximate surface area is 83.8 Å². The third-order valence-electron chi connectivity index (χ3n) is 3.21. The third kappa shape index (κ3) is 1.42. The summed E-state index contributed by atoms with van der Waals surface area (Å²) in [6.07, 6.45) is 2.33. The van der Waals surface area contributed by atoms with Crippen molar-refractivity contribution >= 4 is 5.78 Å². The Kier molecular flexibility index (Phi) is 2.65. The molecule has 0 aromatic rings. The van der Waals surface area contributed by atoms with Crippen molar-refractivity contribution in [1.82, 2.24) is 0 Å². The van der Waals surface area contributed by atoms with Gasteiger partial charge >= 0.3 is 0 Å². The van der Waals surface area contributed by atoms with E-state index in [0.29, 0.717) is 12.8 Å². The number of carbonyl (C=O) groups is 1. The quantitative estimate of drug-likeness (QED) is 0.480. The Balaban J connectivity index is 3.15. The van der Waals surface area contributed by atoms with Crippen LogP contribution in [0.4, 0.5) is 0 Å². The molecule has 0 aromatic heterocycles. The van der Waals surface area contributed by atoms with Crippen molar-refractivity contribution in [3.05, 3.63) is 10.1 Å². The molecule has 0 saturated heterocycles. The summed E-state index contributed by atoms with van der Waals surface area (Å²) in [5, 5.41) is 11.1. The SMILES string of the molecule is CC(C)(C)C1([N+](=O)[O-])CCCCC1=O. The number of nitrogens with zero attached hydrogens (tertiary/aromatic N) is 1. The molecule has 0 spiro atoms. The zero-order chi connectivity index (χ0) is 11.0. The number of carbonyl (C=O) groups excluding carboxylic acids is 1. The fourth-order valence-electron chi connectivity index (χ4n) is 2.27. The van der Waals surface area contributed by atoms with Crippen molar-refractivity contribution in [1.29, 1.82) is 0 Å². The maximum Gasteiger partial charge on any atom is 0.283 e. The first-order valence-corrected chi connectivity index (χ1v) is 5.00. The average Bonchev–Trinajstić information content (AvgIpc) is 2.02. The Bertz CT molecular complexity index is 267. The van der Waals surface area contributed by atoms with Crippen molar-refractivity contribution in [3.63, 3.8) is 0 Å². The highest BCUT2D eigenvalue weighted by atomic mass is 16.6. The highest BCUT2D eigenvalue weighted by molar-refractivity contribution is 5.88. The number of hydrogen-bond acceptors (Lipinski definition) is 3. The molecule has 0 radical (unpaired) electrons. The van der Waals surface area contributed by atoms with Gasteiger partial charge < -0.3 is 0 Å². The Morgan fingerprint density at radius 2 is 1.93 bits per heavy atom. The largest absolute Gasteiger partial charge is 0.292 e. The summed E-state index contributed by atoms with van der Waals surface area (Å²) in [5.41, 5.74) is -1.93. The van der Waals surface area contributed by atoms with Gasteiger partial charge in [-0.15, -0.1) is 0 Å². The summed E-state index contributed by atoms with van der Waals surface area (Å²) >= 11 is 0. The molecule has 1 aliphatic rings. The minimum atomic E-state index is -1.34. The lowest BCUT2D eigenvalue weighted by atomic mass is 9.65. The Hall–Kier alpha value is -0.930. The summed E-state index contributed by atoms with van der Waals surface area (Å²) in [4.78, 5) is 22.5. The topological polar surface area (TPSA) is 60.2 Å². The molecule has 1 aliphatic carbocycles. The molecule has 1 atom stereocenters. The Morgan fingerprint density at radius 3 is 2.21 bits per heavy atom. The van der Waals surface area contributed by atoms with E-state index in [1.165, 1.54) is 0 Å². The highest BCUT2D eigenvalue weighted by Gasteiger charge is 2.59. The van der Waals surface area contributed by atoms with Gasteiger partial charge in [-0.05, 0) is 12.8 Å². The van der Waals surface area contributed by atoms with Crippen molar-refractivity contribution < 1.29 is 9.72 Å². The van der Waals surface area contributed by atoms with Crippen molar-refractivity contribution in [2.24, 2.45) is 5.41 Å². The van der Waals surface area contributed by atoms with Crippen molar-refractivity contribution in [2.75, 3.05) is 0 Å². The number of ketones is 1. The van der Waals surface area contributed by atoms with E-state index in [1.807, 2.05) is 0 Å². The van der Waals surface area contributed by atoms with Crippen LogP contribution in [-0.4, -0.2) is 16.2 Å². The van der Waals surface area contributed by atoms with Gasteiger partial charge in [-0.1, -0.05) is 20.8 Å². The minimum Gasteiger partial charge on any atom is -0.292 e. The predicted octanol–water partition coefficient (Wildman–Crippen LogP) is 2.19. The van der Waals surface area contributed by atoms with Crippen LogP contribution in [0.15, 0.2) is 0 Å². The second kappa shape index (κ2) is 3.33. The first-order valence-electron chi connectivity index (χ1n) is 5.00. The molecule has 4 heteroatoms. The predicted molar refractivity (Wildman–Crippen MR) is 52.7 cm³/mol. The maximum atomic E-state index is 11.8. The zero-order valence-electron chi connectivity index (χ0n) is 9.00. The molecule has 14 heavy (non-hydrogen) atoms. The van der Waals surface area contributed by atoms with E-state index >= 15 is 0 Å². The Morgan fingerprint density at radius 1 is 1.36 bits per heavy atom.